The van der Waals surface area contributed by atoms with Crippen molar-refractivity contribution in [1.82, 2.24) is 9.55 Å². The molecule has 0 fully saturated rings. The van der Waals surface area contributed by atoms with Gasteiger partial charge in [-0.3, -0.25) is 4.57 Å². The van der Waals surface area contributed by atoms with Crippen LogP contribution < -0.4 is 5.69 Å². The summed E-state index contributed by atoms with van der Waals surface area (Å²) >= 11 is 5.76. The molecule has 5 nitrogen and oxygen atoms in total. The molecule has 3 N–H and O–H groups in total. The lowest BCUT2D eigenvalue weighted by Crippen LogP contribution is -2.14. The zero-order valence-corrected chi connectivity index (χ0v) is 11.9. The number of fused-ring (bicyclic) bond motifs is 1. The van der Waals surface area contributed by atoms with Gasteiger partial charge in [0, 0.05) is 6.07 Å². The van der Waals surface area contributed by atoms with Crippen molar-refractivity contribution in [2.45, 2.75) is 6.18 Å². The lowest BCUT2D eigenvalue weighted by molar-refractivity contribution is -0.137. The fraction of sp³-hybridized carbons (Fsp3) is 0.0714. The second kappa shape index (κ2) is 4.95. The van der Waals surface area contributed by atoms with Gasteiger partial charge in [0.1, 0.15) is 11.5 Å². The summed E-state index contributed by atoms with van der Waals surface area (Å²) < 4.78 is 39.1. The van der Waals surface area contributed by atoms with E-state index in [1.54, 1.807) is 0 Å². The SMILES string of the molecule is O=c1[nH]c2cc(C(F)(F)F)ccc2n1-c1cc(Cl)c(O)cc1O. The van der Waals surface area contributed by atoms with Gasteiger partial charge in [-0.05, 0) is 24.3 Å². The largest absolute Gasteiger partial charge is 0.506 e. The smallest absolute Gasteiger partial charge is 0.416 e. The second-order valence-electron chi connectivity index (χ2n) is 4.79. The van der Waals surface area contributed by atoms with Gasteiger partial charge in [0.15, 0.2) is 0 Å². The van der Waals surface area contributed by atoms with Crippen LogP contribution in [-0.2, 0) is 6.18 Å². The number of nitrogens with one attached hydrogen (secondary N) is 1. The highest BCUT2D eigenvalue weighted by molar-refractivity contribution is 6.32. The van der Waals surface area contributed by atoms with Crippen LogP contribution in [-0.4, -0.2) is 19.8 Å². The lowest BCUT2D eigenvalue weighted by Gasteiger charge is -2.09. The van der Waals surface area contributed by atoms with Crippen molar-refractivity contribution in [2.75, 3.05) is 0 Å². The Balaban J connectivity index is 2.29. The summed E-state index contributed by atoms with van der Waals surface area (Å²) in [6.07, 6.45) is -4.54. The predicted octanol–water partition coefficient (Wildman–Crippen LogP) is 3.40. The molecule has 0 bridgehead atoms. The Kier molecular flexibility index (Phi) is 3.29. The highest BCUT2D eigenvalue weighted by Crippen LogP contribution is 2.35. The highest BCUT2D eigenvalue weighted by Gasteiger charge is 2.31. The van der Waals surface area contributed by atoms with E-state index in [-0.39, 0.29) is 27.5 Å². The predicted molar refractivity (Wildman–Crippen MR) is 77.2 cm³/mol. The molecule has 0 aliphatic carbocycles. The Hall–Kier alpha value is -2.61. The Labute approximate surface area is 131 Å². The first-order chi connectivity index (χ1) is 10.7. The van der Waals surface area contributed by atoms with E-state index in [1.165, 1.54) is 0 Å². The number of nitrogens with zero attached hydrogens (tertiary/aromatic N) is 1. The summed E-state index contributed by atoms with van der Waals surface area (Å²) in [5.74, 6) is -0.838. The zero-order valence-electron chi connectivity index (χ0n) is 11.1. The van der Waals surface area contributed by atoms with Crippen molar-refractivity contribution in [3.63, 3.8) is 0 Å². The molecule has 0 saturated heterocycles. The number of phenolic OH excluding ortho intramolecular Hbond substituents is 2. The van der Waals surface area contributed by atoms with E-state index in [4.69, 9.17) is 11.6 Å². The maximum absolute atomic E-state index is 12.7. The molecule has 0 radical (unpaired) electrons. The standard InChI is InChI=1S/C14H8ClF3N2O3/c15-7-4-10(12(22)5-11(7)21)20-9-2-1-6(14(16,17)18)3-8(9)19-13(20)23/h1-5,21-22H,(H,19,23). The summed E-state index contributed by atoms with van der Waals surface area (Å²) in [6.45, 7) is 0. The van der Waals surface area contributed by atoms with Crippen LogP contribution in [0.2, 0.25) is 5.02 Å². The molecular weight excluding hydrogens is 337 g/mol. The van der Waals surface area contributed by atoms with Crippen molar-refractivity contribution in [2.24, 2.45) is 0 Å². The fourth-order valence-electron chi connectivity index (χ4n) is 2.25. The number of aromatic nitrogens is 2. The summed E-state index contributed by atoms with van der Waals surface area (Å²) in [4.78, 5) is 14.3. The van der Waals surface area contributed by atoms with Crippen molar-refractivity contribution >= 4 is 22.6 Å². The van der Waals surface area contributed by atoms with Crippen molar-refractivity contribution in [3.05, 3.63) is 51.4 Å². The Morgan fingerprint density at radius 2 is 1.78 bits per heavy atom. The van der Waals surface area contributed by atoms with Gasteiger partial charge in [-0.15, -0.1) is 0 Å². The molecular formula is C14H8ClF3N2O3. The van der Waals surface area contributed by atoms with Crippen molar-refractivity contribution in [3.8, 4) is 17.2 Å². The number of benzene rings is 2. The summed E-state index contributed by atoms with van der Waals surface area (Å²) in [6, 6.07) is 4.80. The van der Waals surface area contributed by atoms with Crippen LogP contribution in [0.25, 0.3) is 16.7 Å². The monoisotopic (exact) mass is 344 g/mol. The molecule has 3 aromatic rings. The van der Waals surface area contributed by atoms with Crippen molar-refractivity contribution < 1.29 is 23.4 Å². The van der Waals surface area contributed by atoms with E-state index in [2.05, 4.69) is 4.98 Å². The number of alkyl halides is 3. The fourth-order valence-corrected chi connectivity index (χ4v) is 2.40. The number of aromatic amines is 1. The highest BCUT2D eigenvalue weighted by atomic mass is 35.5. The van der Waals surface area contributed by atoms with E-state index in [1.807, 2.05) is 0 Å². The van der Waals surface area contributed by atoms with Gasteiger partial charge in [-0.2, -0.15) is 13.2 Å². The first-order valence-corrected chi connectivity index (χ1v) is 6.60. The number of rotatable bonds is 1. The number of hydrogen-bond donors (Lipinski definition) is 3. The van der Waals surface area contributed by atoms with Gasteiger partial charge in [0.25, 0.3) is 0 Å². The van der Waals surface area contributed by atoms with Crippen LogP contribution in [0, 0.1) is 0 Å². The molecule has 0 amide bonds. The van der Waals surface area contributed by atoms with Crippen LogP contribution in [0.4, 0.5) is 13.2 Å². The number of aromatic hydroxyl groups is 2. The van der Waals surface area contributed by atoms with Crippen LogP contribution >= 0.6 is 11.6 Å². The first kappa shape index (κ1) is 15.3. The lowest BCUT2D eigenvalue weighted by atomic mass is 10.2. The van der Waals surface area contributed by atoms with E-state index in [0.29, 0.717) is 0 Å². The first-order valence-electron chi connectivity index (χ1n) is 6.22. The Morgan fingerprint density at radius 3 is 2.43 bits per heavy atom. The quantitative estimate of drug-likeness (QED) is 0.633. The number of phenols is 2. The van der Waals surface area contributed by atoms with E-state index < -0.39 is 23.2 Å². The molecule has 0 aliphatic heterocycles. The number of hydrogen-bond acceptors (Lipinski definition) is 3. The molecule has 0 aliphatic rings. The van der Waals surface area contributed by atoms with E-state index >= 15 is 0 Å². The molecule has 3 rings (SSSR count). The molecule has 1 heterocycles. The van der Waals surface area contributed by atoms with Gasteiger partial charge in [0.2, 0.25) is 0 Å². The zero-order chi connectivity index (χ0) is 16.9. The molecule has 0 unspecified atom stereocenters. The van der Waals surface area contributed by atoms with Gasteiger partial charge in [-0.25, -0.2) is 4.79 Å². The molecule has 23 heavy (non-hydrogen) atoms. The van der Waals surface area contributed by atoms with Crippen LogP contribution in [0.3, 0.4) is 0 Å². The molecule has 1 aromatic heterocycles. The molecule has 120 valence electrons. The van der Waals surface area contributed by atoms with Crippen LogP contribution in [0.15, 0.2) is 35.1 Å². The second-order valence-corrected chi connectivity index (χ2v) is 5.19. The third kappa shape index (κ3) is 2.50. The van der Waals surface area contributed by atoms with Gasteiger partial charge in [-0.1, -0.05) is 11.6 Å². The number of halogens is 4. The van der Waals surface area contributed by atoms with Crippen LogP contribution in [0.1, 0.15) is 5.56 Å². The molecule has 0 atom stereocenters. The average Bonchev–Trinajstić information content (AvgIpc) is 2.77. The van der Waals surface area contributed by atoms with E-state index in [0.717, 1.165) is 34.9 Å². The molecule has 2 aromatic carbocycles. The topological polar surface area (TPSA) is 78.2 Å². The third-order valence-electron chi connectivity index (χ3n) is 3.29. The summed E-state index contributed by atoms with van der Waals surface area (Å²) in [7, 11) is 0. The Bertz CT molecular complexity index is 976. The molecule has 0 saturated carbocycles. The Morgan fingerprint density at radius 1 is 1.09 bits per heavy atom. The normalized spacial score (nSPS) is 12.0. The van der Waals surface area contributed by atoms with Crippen LogP contribution in [0.5, 0.6) is 11.5 Å². The van der Waals surface area contributed by atoms with Crippen molar-refractivity contribution in [1.29, 1.82) is 0 Å². The maximum Gasteiger partial charge on any atom is 0.416 e. The van der Waals surface area contributed by atoms with Gasteiger partial charge < -0.3 is 15.2 Å². The van der Waals surface area contributed by atoms with Gasteiger partial charge in [0.05, 0.1) is 27.3 Å². The molecule has 0 spiro atoms. The minimum absolute atomic E-state index is 0.0478. The summed E-state index contributed by atoms with van der Waals surface area (Å²) in [5, 5.41) is 19.2. The van der Waals surface area contributed by atoms with E-state index in [9.17, 15) is 28.2 Å². The van der Waals surface area contributed by atoms with Gasteiger partial charge >= 0.3 is 11.9 Å². The number of imidazole rings is 1. The maximum atomic E-state index is 12.7. The summed E-state index contributed by atoms with van der Waals surface area (Å²) in [5.41, 5.74) is -1.65. The minimum atomic E-state index is -4.54. The molecule has 9 heteroatoms. The minimum Gasteiger partial charge on any atom is -0.506 e. The third-order valence-corrected chi connectivity index (χ3v) is 3.60. The number of H-pyrrole nitrogens is 1. The average molecular weight is 345 g/mol.